The molecular formula is C21H19FN4O3. The van der Waals surface area contributed by atoms with Crippen LogP contribution < -0.4 is 5.32 Å². The maximum absolute atomic E-state index is 13.9. The van der Waals surface area contributed by atoms with E-state index in [-0.39, 0.29) is 11.8 Å². The number of urea groups is 1. The van der Waals surface area contributed by atoms with Crippen LogP contribution in [0.15, 0.2) is 54.9 Å². The van der Waals surface area contributed by atoms with Gasteiger partial charge in [-0.2, -0.15) is 0 Å². The number of hydrogen-bond acceptors (Lipinski definition) is 4. The Balaban J connectivity index is 1.64. The van der Waals surface area contributed by atoms with Crippen molar-refractivity contribution in [1.82, 2.24) is 14.9 Å². The molecule has 0 bridgehead atoms. The minimum absolute atomic E-state index is 0.334. The fourth-order valence-corrected chi connectivity index (χ4v) is 3.55. The van der Waals surface area contributed by atoms with E-state index in [4.69, 9.17) is 4.74 Å². The maximum atomic E-state index is 13.9. The zero-order valence-electron chi connectivity index (χ0n) is 15.7. The van der Waals surface area contributed by atoms with Crippen molar-refractivity contribution >= 4 is 17.7 Å². The molecule has 4 rings (SSSR count). The van der Waals surface area contributed by atoms with Gasteiger partial charge < -0.3 is 19.9 Å². The van der Waals surface area contributed by atoms with Gasteiger partial charge in [0.25, 0.3) is 0 Å². The number of esters is 1. The van der Waals surface area contributed by atoms with Crippen molar-refractivity contribution < 1.29 is 18.7 Å². The van der Waals surface area contributed by atoms with E-state index in [0.29, 0.717) is 35.5 Å². The van der Waals surface area contributed by atoms with Crippen molar-refractivity contribution in [2.24, 2.45) is 0 Å². The molecule has 8 heteroatoms. The minimum Gasteiger partial charge on any atom is -0.465 e. The SMILES string of the molecule is COC(=O)c1cccc(NC(=O)N2CCc3[nH]cnc3C2c2cccc(F)c2)c1. The minimum atomic E-state index is -0.524. The molecule has 2 heterocycles. The zero-order valence-corrected chi connectivity index (χ0v) is 15.7. The first-order valence-corrected chi connectivity index (χ1v) is 9.10. The monoisotopic (exact) mass is 394 g/mol. The molecule has 1 aliphatic rings. The standard InChI is InChI=1S/C21H19FN4O3/c1-29-20(27)14-5-3-7-16(11-14)25-21(28)26-9-8-17-18(24-12-23-17)19(26)13-4-2-6-15(22)10-13/h2-7,10-12,19H,8-9H2,1H3,(H,23,24)(H,25,28). The van der Waals surface area contributed by atoms with Gasteiger partial charge in [-0.1, -0.05) is 18.2 Å². The Bertz CT molecular complexity index is 1070. The van der Waals surface area contributed by atoms with Gasteiger partial charge in [-0.3, -0.25) is 0 Å². The number of H-pyrrole nitrogens is 1. The highest BCUT2D eigenvalue weighted by Gasteiger charge is 2.34. The summed E-state index contributed by atoms with van der Waals surface area (Å²) in [7, 11) is 1.30. The Morgan fingerprint density at radius 1 is 1.24 bits per heavy atom. The molecule has 2 N–H and O–H groups in total. The van der Waals surface area contributed by atoms with E-state index in [9.17, 15) is 14.0 Å². The highest BCUT2D eigenvalue weighted by Crippen LogP contribution is 2.34. The molecular weight excluding hydrogens is 375 g/mol. The van der Waals surface area contributed by atoms with Gasteiger partial charge in [-0.15, -0.1) is 0 Å². The van der Waals surface area contributed by atoms with E-state index in [1.54, 1.807) is 47.6 Å². The summed E-state index contributed by atoms with van der Waals surface area (Å²) in [6.07, 6.45) is 2.19. The molecule has 0 saturated carbocycles. The van der Waals surface area contributed by atoms with Crippen molar-refractivity contribution in [1.29, 1.82) is 0 Å². The van der Waals surface area contributed by atoms with E-state index in [0.717, 1.165) is 5.69 Å². The van der Waals surface area contributed by atoms with Crippen LogP contribution in [-0.2, 0) is 11.2 Å². The Morgan fingerprint density at radius 3 is 2.86 bits per heavy atom. The number of anilines is 1. The first-order chi connectivity index (χ1) is 14.1. The molecule has 1 aliphatic heterocycles. The number of nitrogens with one attached hydrogen (secondary N) is 2. The summed E-state index contributed by atoms with van der Waals surface area (Å²) in [5, 5.41) is 2.82. The van der Waals surface area contributed by atoms with Gasteiger partial charge >= 0.3 is 12.0 Å². The fraction of sp³-hybridized carbons (Fsp3) is 0.190. The molecule has 1 atom stereocenters. The third kappa shape index (κ3) is 3.69. The number of nitrogens with zero attached hydrogens (tertiary/aromatic N) is 2. The number of aromatic nitrogens is 2. The molecule has 0 spiro atoms. The molecule has 1 aromatic heterocycles. The van der Waals surface area contributed by atoms with Gasteiger partial charge in [0.15, 0.2) is 0 Å². The molecule has 3 aromatic rings. The fourth-order valence-electron chi connectivity index (χ4n) is 3.55. The highest BCUT2D eigenvalue weighted by molar-refractivity contribution is 5.94. The van der Waals surface area contributed by atoms with E-state index < -0.39 is 12.0 Å². The molecule has 7 nitrogen and oxygen atoms in total. The Hall–Kier alpha value is -3.68. The van der Waals surface area contributed by atoms with Gasteiger partial charge in [0.05, 0.1) is 24.7 Å². The third-order valence-electron chi connectivity index (χ3n) is 4.89. The predicted molar refractivity (Wildman–Crippen MR) is 104 cm³/mol. The average Bonchev–Trinajstić information content (AvgIpc) is 3.21. The number of aromatic amines is 1. The van der Waals surface area contributed by atoms with E-state index in [2.05, 4.69) is 15.3 Å². The quantitative estimate of drug-likeness (QED) is 0.666. The number of imidazole rings is 1. The van der Waals surface area contributed by atoms with Gasteiger partial charge in [-0.25, -0.2) is 19.0 Å². The topological polar surface area (TPSA) is 87.3 Å². The lowest BCUT2D eigenvalue weighted by molar-refractivity contribution is 0.0600. The number of benzene rings is 2. The maximum Gasteiger partial charge on any atom is 0.337 e. The number of methoxy groups -OCH3 is 1. The Morgan fingerprint density at radius 2 is 2.07 bits per heavy atom. The number of fused-ring (bicyclic) bond motifs is 1. The van der Waals surface area contributed by atoms with Crippen LogP contribution in [0, 0.1) is 5.82 Å². The summed E-state index contributed by atoms with van der Waals surface area (Å²) in [5.74, 6) is -0.867. The van der Waals surface area contributed by atoms with Crippen LogP contribution in [-0.4, -0.2) is 40.5 Å². The van der Waals surface area contributed by atoms with Crippen molar-refractivity contribution in [3.63, 3.8) is 0 Å². The molecule has 2 aromatic carbocycles. The smallest absolute Gasteiger partial charge is 0.337 e. The molecule has 0 saturated heterocycles. The molecule has 29 heavy (non-hydrogen) atoms. The van der Waals surface area contributed by atoms with Crippen LogP contribution in [0.5, 0.6) is 0 Å². The third-order valence-corrected chi connectivity index (χ3v) is 4.89. The first kappa shape index (κ1) is 18.7. The molecule has 2 amide bonds. The van der Waals surface area contributed by atoms with E-state index in [1.165, 1.54) is 19.2 Å². The number of amides is 2. The number of hydrogen-bond donors (Lipinski definition) is 2. The highest BCUT2D eigenvalue weighted by atomic mass is 19.1. The molecule has 1 unspecified atom stereocenters. The summed E-state index contributed by atoms with van der Waals surface area (Å²) >= 11 is 0. The number of halogens is 1. The molecule has 0 aliphatic carbocycles. The Labute approximate surface area is 166 Å². The van der Waals surface area contributed by atoms with Crippen LogP contribution >= 0.6 is 0 Å². The lowest BCUT2D eigenvalue weighted by Crippen LogP contribution is -2.43. The number of carbonyl (C=O) groups excluding carboxylic acids is 2. The van der Waals surface area contributed by atoms with Gasteiger partial charge in [0.2, 0.25) is 0 Å². The summed E-state index contributed by atoms with van der Waals surface area (Å²) < 4.78 is 18.6. The van der Waals surface area contributed by atoms with E-state index in [1.807, 2.05) is 0 Å². The van der Waals surface area contributed by atoms with Crippen molar-refractivity contribution in [3.05, 3.63) is 83.2 Å². The lowest BCUT2D eigenvalue weighted by atomic mass is 9.96. The van der Waals surface area contributed by atoms with Crippen LogP contribution in [0.2, 0.25) is 0 Å². The average molecular weight is 394 g/mol. The normalized spacial score (nSPS) is 15.5. The molecule has 0 fully saturated rings. The van der Waals surface area contributed by atoms with Gasteiger partial charge in [-0.05, 0) is 35.9 Å². The molecule has 0 radical (unpaired) electrons. The largest absolute Gasteiger partial charge is 0.465 e. The summed E-state index contributed by atoms with van der Waals surface area (Å²) in [4.78, 5) is 33.9. The van der Waals surface area contributed by atoms with E-state index >= 15 is 0 Å². The van der Waals surface area contributed by atoms with Crippen LogP contribution in [0.25, 0.3) is 0 Å². The van der Waals surface area contributed by atoms with Gasteiger partial charge in [0.1, 0.15) is 11.9 Å². The van der Waals surface area contributed by atoms with Crippen molar-refractivity contribution in [2.45, 2.75) is 12.5 Å². The number of rotatable bonds is 3. The van der Waals surface area contributed by atoms with Gasteiger partial charge in [0, 0.05) is 24.3 Å². The van der Waals surface area contributed by atoms with Crippen LogP contribution in [0.3, 0.4) is 0 Å². The lowest BCUT2D eigenvalue weighted by Gasteiger charge is -2.35. The molecule has 148 valence electrons. The predicted octanol–water partition coefficient (Wildman–Crippen LogP) is 3.52. The second kappa shape index (κ2) is 7.75. The van der Waals surface area contributed by atoms with Crippen molar-refractivity contribution in [2.75, 3.05) is 19.0 Å². The number of ether oxygens (including phenoxy) is 1. The van der Waals surface area contributed by atoms with Crippen LogP contribution in [0.4, 0.5) is 14.9 Å². The second-order valence-electron chi connectivity index (χ2n) is 6.67. The summed E-state index contributed by atoms with van der Waals surface area (Å²) in [6, 6.07) is 11.8. The summed E-state index contributed by atoms with van der Waals surface area (Å²) in [5.41, 5.74) is 3.05. The summed E-state index contributed by atoms with van der Waals surface area (Å²) in [6.45, 7) is 0.429. The first-order valence-electron chi connectivity index (χ1n) is 9.10. The zero-order chi connectivity index (χ0) is 20.4. The van der Waals surface area contributed by atoms with Crippen LogP contribution in [0.1, 0.15) is 33.4 Å². The second-order valence-corrected chi connectivity index (χ2v) is 6.67. The number of carbonyl (C=O) groups is 2. The Kier molecular flexibility index (Phi) is 4.99. The van der Waals surface area contributed by atoms with Crippen molar-refractivity contribution in [3.8, 4) is 0 Å².